The van der Waals surface area contributed by atoms with Gasteiger partial charge in [0.25, 0.3) is 0 Å². The van der Waals surface area contributed by atoms with E-state index in [2.05, 4.69) is 11.9 Å². The van der Waals surface area contributed by atoms with Crippen LogP contribution < -0.4 is 0 Å². The maximum atomic E-state index is 11.1. The Balaban J connectivity index is 2.42. The van der Waals surface area contributed by atoms with Crippen LogP contribution in [-0.2, 0) is 4.79 Å². The van der Waals surface area contributed by atoms with Crippen molar-refractivity contribution in [3.8, 4) is 0 Å². The lowest BCUT2D eigenvalue weighted by atomic mass is 10.1. The van der Waals surface area contributed by atoms with Gasteiger partial charge in [-0.15, -0.1) is 0 Å². The molecular weight excluding hydrogens is 204 g/mol. The molecule has 16 heavy (non-hydrogen) atoms. The van der Waals surface area contributed by atoms with Crippen molar-refractivity contribution in [2.75, 3.05) is 33.7 Å². The summed E-state index contributed by atoms with van der Waals surface area (Å²) < 4.78 is 0. The smallest absolute Gasteiger partial charge is 0.320 e. The van der Waals surface area contributed by atoms with Crippen LogP contribution in [0, 0.1) is 5.92 Å². The number of likely N-dealkylation sites (N-methyl/N-ethyl adjacent to an activating group) is 1. The molecule has 0 aromatic carbocycles. The van der Waals surface area contributed by atoms with Gasteiger partial charge in [0.15, 0.2) is 0 Å². The van der Waals surface area contributed by atoms with Crippen molar-refractivity contribution >= 4 is 5.97 Å². The summed E-state index contributed by atoms with van der Waals surface area (Å²) in [6.45, 7) is 5.18. The molecule has 1 N–H and O–H groups in total. The Morgan fingerprint density at radius 2 is 2.31 bits per heavy atom. The molecule has 0 aliphatic carbocycles. The summed E-state index contributed by atoms with van der Waals surface area (Å²) in [5, 5.41) is 9.15. The summed E-state index contributed by atoms with van der Waals surface area (Å²) in [7, 11) is 4.06. The van der Waals surface area contributed by atoms with E-state index in [0.717, 1.165) is 32.5 Å². The van der Waals surface area contributed by atoms with Crippen molar-refractivity contribution in [2.45, 2.75) is 32.2 Å². The Bertz CT molecular complexity index is 233. The lowest BCUT2D eigenvalue weighted by Crippen LogP contribution is -2.41. The van der Waals surface area contributed by atoms with E-state index in [1.165, 1.54) is 6.42 Å². The molecule has 0 aromatic heterocycles. The second-order valence-electron chi connectivity index (χ2n) is 5.00. The van der Waals surface area contributed by atoms with E-state index in [9.17, 15) is 4.79 Å². The molecule has 1 aliphatic rings. The number of nitrogens with zero attached hydrogens (tertiary/aromatic N) is 2. The molecule has 1 rings (SSSR count). The third-order valence-electron chi connectivity index (χ3n) is 3.41. The van der Waals surface area contributed by atoms with Gasteiger partial charge in [-0.3, -0.25) is 9.69 Å². The van der Waals surface area contributed by atoms with E-state index in [4.69, 9.17) is 5.11 Å². The lowest BCUT2D eigenvalue weighted by Gasteiger charge is -2.26. The second-order valence-corrected chi connectivity index (χ2v) is 5.00. The first-order chi connectivity index (χ1) is 7.54. The molecule has 4 nitrogen and oxygen atoms in total. The third-order valence-corrected chi connectivity index (χ3v) is 3.41. The van der Waals surface area contributed by atoms with Crippen LogP contribution in [0.1, 0.15) is 26.2 Å². The maximum Gasteiger partial charge on any atom is 0.320 e. The van der Waals surface area contributed by atoms with Crippen molar-refractivity contribution in [3.63, 3.8) is 0 Å². The molecular formula is C12H24N2O2. The van der Waals surface area contributed by atoms with E-state index in [-0.39, 0.29) is 6.04 Å². The first-order valence-corrected chi connectivity index (χ1v) is 6.16. The minimum Gasteiger partial charge on any atom is -0.480 e. The van der Waals surface area contributed by atoms with E-state index in [0.29, 0.717) is 5.92 Å². The molecule has 4 heteroatoms. The van der Waals surface area contributed by atoms with Crippen LogP contribution in [0.4, 0.5) is 0 Å². The number of hydrogen-bond acceptors (Lipinski definition) is 3. The Morgan fingerprint density at radius 1 is 1.62 bits per heavy atom. The van der Waals surface area contributed by atoms with Gasteiger partial charge in [0, 0.05) is 13.1 Å². The number of aliphatic carboxylic acids is 1. The monoisotopic (exact) mass is 228 g/mol. The molecule has 0 amide bonds. The standard InChI is InChI=1S/C12H24N2O2/c1-4-5-11(12(15)16)14(3)9-10-6-7-13(2)8-10/h10-11H,4-9H2,1-3H3,(H,15,16). The largest absolute Gasteiger partial charge is 0.480 e. The van der Waals surface area contributed by atoms with Crippen molar-refractivity contribution in [3.05, 3.63) is 0 Å². The number of carbonyl (C=O) groups is 1. The fraction of sp³-hybridized carbons (Fsp3) is 0.917. The van der Waals surface area contributed by atoms with Gasteiger partial charge in [-0.1, -0.05) is 13.3 Å². The first-order valence-electron chi connectivity index (χ1n) is 6.16. The van der Waals surface area contributed by atoms with E-state index in [1.54, 1.807) is 0 Å². The highest BCUT2D eigenvalue weighted by molar-refractivity contribution is 5.73. The van der Waals surface area contributed by atoms with Crippen LogP contribution in [0.15, 0.2) is 0 Å². The van der Waals surface area contributed by atoms with Gasteiger partial charge >= 0.3 is 5.97 Å². The fourth-order valence-electron chi connectivity index (χ4n) is 2.52. The van der Waals surface area contributed by atoms with Crippen molar-refractivity contribution in [1.82, 2.24) is 9.80 Å². The molecule has 2 atom stereocenters. The SMILES string of the molecule is CCCC(C(=O)O)N(C)CC1CCN(C)C1. The van der Waals surface area contributed by atoms with Crippen LogP contribution in [0.25, 0.3) is 0 Å². The zero-order valence-electron chi connectivity index (χ0n) is 10.6. The van der Waals surface area contributed by atoms with Crippen LogP contribution in [0.3, 0.4) is 0 Å². The Hall–Kier alpha value is -0.610. The summed E-state index contributed by atoms with van der Waals surface area (Å²) in [5.74, 6) is -0.0515. The molecule has 0 bridgehead atoms. The summed E-state index contributed by atoms with van der Waals surface area (Å²) in [6, 6.07) is -0.309. The molecule has 2 unspecified atom stereocenters. The topological polar surface area (TPSA) is 43.8 Å². The molecule has 0 spiro atoms. The predicted molar refractivity (Wildman–Crippen MR) is 64.6 cm³/mol. The molecule has 1 aliphatic heterocycles. The minimum atomic E-state index is -0.685. The fourth-order valence-corrected chi connectivity index (χ4v) is 2.52. The molecule has 0 saturated carbocycles. The number of carboxylic acid groups (broad SMARTS) is 1. The lowest BCUT2D eigenvalue weighted by molar-refractivity contribution is -0.143. The molecule has 1 heterocycles. The molecule has 1 saturated heterocycles. The zero-order chi connectivity index (χ0) is 12.1. The highest BCUT2D eigenvalue weighted by Gasteiger charge is 2.26. The summed E-state index contributed by atoms with van der Waals surface area (Å²) in [6.07, 6.45) is 2.86. The summed E-state index contributed by atoms with van der Waals surface area (Å²) in [4.78, 5) is 15.4. The third kappa shape index (κ3) is 3.76. The normalized spacial score (nSPS) is 23.9. The van der Waals surface area contributed by atoms with E-state index >= 15 is 0 Å². The number of rotatable bonds is 6. The van der Waals surface area contributed by atoms with Gasteiger partial charge in [0.05, 0.1) is 0 Å². The van der Waals surface area contributed by atoms with Crippen LogP contribution in [-0.4, -0.2) is 60.6 Å². The molecule has 1 fully saturated rings. The quantitative estimate of drug-likeness (QED) is 0.740. The minimum absolute atomic E-state index is 0.309. The Morgan fingerprint density at radius 3 is 2.75 bits per heavy atom. The van der Waals surface area contributed by atoms with Crippen molar-refractivity contribution < 1.29 is 9.90 Å². The maximum absolute atomic E-state index is 11.1. The van der Waals surface area contributed by atoms with Crippen LogP contribution in [0.2, 0.25) is 0 Å². The van der Waals surface area contributed by atoms with Crippen molar-refractivity contribution in [1.29, 1.82) is 0 Å². The average Bonchev–Trinajstić information content (AvgIpc) is 2.59. The zero-order valence-corrected chi connectivity index (χ0v) is 10.6. The number of likely N-dealkylation sites (tertiary alicyclic amines) is 1. The highest BCUT2D eigenvalue weighted by Crippen LogP contribution is 2.17. The van der Waals surface area contributed by atoms with E-state index in [1.807, 2.05) is 18.9 Å². The van der Waals surface area contributed by atoms with Gasteiger partial charge in [0.2, 0.25) is 0 Å². The molecule has 94 valence electrons. The second kappa shape index (κ2) is 6.21. The number of carboxylic acids is 1. The van der Waals surface area contributed by atoms with Gasteiger partial charge < -0.3 is 10.0 Å². The van der Waals surface area contributed by atoms with Crippen LogP contribution in [0.5, 0.6) is 0 Å². The number of hydrogen-bond donors (Lipinski definition) is 1. The Kier molecular flexibility index (Phi) is 5.22. The summed E-state index contributed by atoms with van der Waals surface area (Å²) >= 11 is 0. The van der Waals surface area contributed by atoms with Gasteiger partial charge in [-0.05, 0) is 39.4 Å². The highest BCUT2D eigenvalue weighted by atomic mass is 16.4. The Labute approximate surface area is 98.2 Å². The predicted octanol–water partition coefficient (Wildman–Crippen LogP) is 1.12. The summed E-state index contributed by atoms with van der Waals surface area (Å²) in [5.41, 5.74) is 0. The average molecular weight is 228 g/mol. The van der Waals surface area contributed by atoms with Crippen molar-refractivity contribution in [2.24, 2.45) is 5.92 Å². The van der Waals surface area contributed by atoms with Gasteiger partial charge in [-0.2, -0.15) is 0 Å². The van der Waals surface area contributed by atoms with Gasteiger partial charge in [0.1, 0.15) is 6.04 Å². The van der Waals surface area contributed by atoms with E-state index < -0.39 is 5.97 Å². The van der Waals surface area contributed by atoms with Crippen LogP contribution >= 0.6 is 0 Å². The van der Waals surface area contributed by atoms with Gasteiger partial charge in [-0.25, -0.2) is 0 Å². The molecule has 0 aromatic rings. The molecule has 0 radical (unpaired) electrons. The first kappa shape index (κ1) is 13.5.